The summed E-state index contributed by atoms with van der Waals surface area (Å²) in [6, 6.07) is 2.99. The van der Waals surface area contributed by atoms with Crippen molar-refractivity contribution in [2.24, 2.45) is 0 Å². The Labute approximate surface area is 133 Å². The third-order valence-corrected chi connectivity index (χ3v) is 4.09. The molecule has 0 aliphatic carbocycles. The van der Waals surface area contributed by atoms with Crippen LogP contribution in [0.4, 0.5) is 0 Å². The van der Waals surface area contributed by atoms with Crippen molar-refractivity contribution in [3.8, 4) is 0 Å². The van der Waals surface area contributed by atoms with Gasteiger partial charge in [0.2, 0.25) is 0 Å². The number of hydrogen-bond donors (Lipinski definition) is 2. The summed E-state index contributed by atoms with van der Waals surface area (Å²) >= 11 is 0. The molecule has 8 heteroatoms. The van der Waals surface area contributed by atoms with Crippen molar-refractivity contribution in [1.82, 2.24) is 30.5 Å². The van der Waals surface area contributed by atoms with E-state index in [1.165, 1.54) is 6.07 Å². The fourth-order valence-corrected chi connectivity index (χ4v) is 2.98. The fraction of sp³-hybridized carbons (Fsp3) is 0.533. The lowest BCUT2D eigenvalue weighted by molar-refractivity contribution is 0.0937. The van der Waals surface area contributed by atoms with E-state index in [4.69, 9.17) is 0 Å². The van der Waals surface area contributed by atoms with E-state index in [0.717, 1.165) is 31.4 Å². The topological polar surface area (TPSA) is 106 Å². The molecule has 8 nitrogen and oxygen atoms in total. The standard InChI is InChI=1S/C15H20N6O2/c1-10(9-13-17-19-20-18-13)16-15(23)11-6-7-14(22)21-8-4-2-3-5-12(11)21/h6-7,10H,2-5,8-9H2,1H3,(H,16,23)(H,17,18,19,20). The van der Waals surface area contributed by atoms with E-state index in [9.17, 15) is 9.59 Å². The molecule has 2 aromatic rings. The number of nitrogens with one attached hydrogen (secondary N) is 2. The van der Waals surface area contributed by atoms with E-state index in [1.807, 2.05) is 6.92 Å². The highest BCUT2D eigenvalue weighted by Gasteiger charge is 2.19. The number of hydrogen-bond acceptors (Lipinski definition) is 5. The number of H-pyrrole nitrogens is 1. The second-order valence-electron chi connectivity index (χ2n) is 5.90. The fourth-order valence-electron chi connectivity index (χ4n) is 2.98. The summed E-state index contributed by atoms with van der Waals surface area (Å²) in [5, 5.41) is 16.6. The molecule has 0 saturated carbocycles. The SMILES string of the molecule is CC(Cc1nn[nH]n1)NC(=O)c1ccc(=O)n2c1CCCCC2. The minimum absolute atomic E-state index is 0.0294. The van der Waals surface area contributed by atoms with Crippen molar-refractivity contribution in [1.29, 1.82) is 0 Å². The minimum Gasteiger partial charge on any atom is -0.349 e. The Morgan fingerprint density at radius 2 is 2.26 bits per heavy atom. The lowest BCUT2D eigenvalue weighted by Gasteiger charge is -2.16. The summed E-state index contributed by atoms with van der Waals surface area (Å²) in [4.78, 5) is 24.6. The van der Waals surface area contributed by atoms with Gasteiger partial charge in [-0.2, -0.15) is 5.21 Å². The predicted molar refractivity (Wildman–Crippen MR) is 83.1 cm³/mol. The number of fused-ring (bicyclic) bond motifs is 1. The van der Waals surface area contributed by atoms with Gasteiger partial charge >= 0.3 is 0 Å². The van der Waals surface area contributed by atoms with Crippen molar-refractivity contribution in [2.45, 2.75) is 51.6 Å². The van der Waals surface area contributed by atoms with E-state index >= 15 is 0 Å². The molecule has 1 atom stereocenters. The van der Waals surface area contributed by atoms with E-state index in [2.05, 4.69) is 25.9 Å². The Morgan fingerprint density at radius 1 is 1.39 bits per heavy atom. The highest BCUT2D eigenvalue weighted by molar-refractivity contribution is 5.95. The quantitative estimate of drug-likeness (QED) is 0.852. The smallest absolute Gasteiger partial charge is 0.253 e. The number of pyridine rings is 1. The molecule has 1 amide bonds. The third-order valence-electron chi connectivity index (χ3n) is 4.09. The molecule has 0 fully saturated rings. The largest absolute Gasteiger partial charge is 0.349 e. The zero-order valence-corrected chi connectivity index (χ0v) is 13.1. The number of aromatic amines is 1. The van der Waals surface area contributed by atoms with Gasteiger partial charge in [-0.15, -0.1) is 10.2 Å². The molecule has 1 aliphatic heterocycles. The molecule has 3 heterocycles. The maximum Gasteiger partial charge on any atom is 0.253 e. The Kier molecular flexibility index (Phi) is 4.50. The first-order valence-corrected chi connectivity index (χ1v) is 7.91. The minimum atomic E-state index is -0.161. The van der Waals surface area contributed by atoms with Gasteiger partial charge in [-0.25, -0.2) is 0 Å². The molecular formula is C15H20N6O2. The maximum atomic E-state index is 12.6. The Hall–Kier alpha value is -2.51. The van der Waals surface area contributed by atoms with Crippen LogP contribution in [0, 0.1) is 0 Å². The van der Waals surface area contributed by atoms with E-state index < -0.39 is 0 Å². The van der Waals surface area contributed by atoms with Gasteiger partial charge in [-0.1, -0.05) is 11.6 Å². The van der Waals surface area contributed by atoms with Crippen LogP contribution in [-0.2, 0) is 19.4 Å². The number of nitrogens with zero attached hydrogens (tertiary/aromatic N) is 4. The van der Waals surface area contributed by atoms with Crippen LogP contribution in [0.1, 0.15) is 48.1 Å². The highest BCUT2D eigenvalue weighted by atomic mass is 16.2. The van der Waals surface area contributed by atoms with E-state index in [1.54, 1.807) is 10.6 Å². The van der Waals surface area contributed by atoms with Crippen LogP contribution in [-0.4, -0.2) is 37.1 Å². The number of carbonyl (C=O) groups excluding carboxylic acids is 1. The van der Waals surface area contributed by atoms with Gasteiger partial charge < -0.3 is 9.88 Å². The number of aromatic nitrogens is 5. The summed E-state index contributed by atoms with van der Waals surface area (Å²) in [6.45, 7) is 2.58. The summed E-state index contributed by atoms with van der Waals surface area (Å²) in [5.41, 5.74) is 1.41. The first-order valence-electron chi connectivity index (χ1n) is 7.91. The van der Waals surface area contributed by atoms with Crippen molar-refractivity contribution < 1.29 is 4.79 Å². The van der Waals surface area contributed by atoms with Crippen molar-refractivity contribution in [3.05, 3.63) is 39.6 Å². The van der Waals surface area contributed by atoms with Crippen LogP contribution in [0.3, 0.4) is 0 Å². The van der Waals surface area contributed by atoms with Gasteiger partial charge in [0.05, 0.1) is 5.56 Å². The molecule has 3 rings (SSSR count). The van der Waals surface area contributed by atoms with Crippen LogP contribution in [0.2, 0.25) is 0 Å². The van der Waals surface area contributed by atoms with Crippen molar-refractivity contribution in [2.75, 3.05) is 0 Å². The third kappa shape index (κ3) is 3.46. The second kappa shape index (κ2) is 6.72. The summed E-state index contributed by atoms with van der Waals surface area (Å²) in [5.74, 6) is 0.396. The lowest BCUT2D eigenvalue weighted by Crippen LogP contribution is -2.36. The van der Waals surface area contributed by atoms with E-state index in [-0.39, 0.29) is 17.5 Å². The molecule has 0 saturated heterocycles. The summed E-state index contributed by atoms with van der Waals surface area (Å²) < 4.78 is 1.74. The van der Waals surface area contributed by atoms with Crippen LogP contribution >= 0.6 is 0 Å². The Bertz CT molecular complexity index is 737. The zero-order chi connectivity index (χ0) is 16.2. The van der Waals surface area contributed by atoms with Gasteiger partial charge in [0.25, 0.3) is 11.5 Å². The second-order valence-corrected chi connectivity index (χ2v) is 5.90. The highest BCUT2D eigenvalue weighted by Crippen LogP contribution is 2.16. The molecule has 0 radical (unpaired) electrons. The zero-order valence-electron chi connectivity index (χ0n) is 13.1. The van der Waals surface area contributed by atoms with Gasteiger partial charge in [0, 0.05) is 30.8 Å². The molecular weight excluding hydrogens is 296 g/mol. The Morgan fingerprint density at radius 3 is 3.04 bits per heavy atom. The molecule has 1 aliphatic rings. The molecule has 23 heavy (non-hydrogen) atoms. The maximum absolute atomic E-state index is 12.6. The molecule has 0 bridgehead atoms. The summed E-state index contributed by atoms with van der Waals surface area (Å²) in [7, 11) is 0. The molecule has 2 aromatic heterocycles. The first kappa shape index (κ1) is 15.4. The van der Waals surface area contributed by atoms with Crippen LogP contribution < -0.4 is 10.9 Å². The average Bonchev–Trinajstić information content (AvgIpc) is 2.89. The molecule has 0 aromatic carbocycles. The first-order chi connectivity index (χ1) is 11.1. The predicted octanol–water partition coefficient (Wildman–Crippen LogP) is 0.449. The number of amides is 1. The molecule has 1 unspecified atom stereocenters. The molecule has 0 spiro atoms. The van der Waals surface area contributed by atoms with Crippen molar-refractivity contribution in [3.63, 3.8) is 0 Å². The summed E-state index contributed by atoms with van der Waals surface area (Å²) in [6.07, 6.45) is 4.32. The van der Waals surface area contributed by atoms with E-state index in [0.29, 0.717) is 24.4 Å². The van der Waals surface area contributed by atoms with Crippen LogP contribution in [0.5, 0.6) is 0 Å². The number of tetrazole rings is 1. The van der Waals surface area contributed by atoms with Crippen molar-refractivity contribution >= 4 is 5.91 Å². The van der Waals surface area contributed by atoms with Crippen LogP contribution in [0.15, 0.2) is 16.9 Å². The average molecular weight is 316 g/mol. The number of rotatable bonds is 4. The van der Waals surface area contributed by atoms with Gasteiger partial charge in [-0.3, -0.25) is 9.59 Å². The van der Waals surface area contributed by atoms with Gasteiger partial charge in [0.1, 0.15) is 0 Å². The monoisotopic (exact) mass is 316 g/mol. The Balaban J connectivity index is 1.78. The van der Waals surface area contributed by atoms with Gasteiger partial charge in [-0.05, 0) is 32.3 Å². The lowest BCUT2D eigenvalue weighted by atomic mass is 10.1. The molecule has 122 valence electrons. The van der Waals surface area contributed by atoms with Crippen LogP contribution in [0.25, 0.3) is 0 Å². The number of carbonyl (C=O) groups is 1. The molecule has 2 N–H and O–H groups in total. The van der Waals surface area contributed by atoms with Gasteiger partial charge in [0.15, 0.2) is 5.82 Å². The normalized spacial score (nSPS) is 15.5.